The molecule has 182 valence electrons. The van der Waals surface area contributed by atoms with Crippen LogP contribution in [0.3, 0.4) is 0 Å². The highest BCUT2D eigenvalue weighted by Gasteiger charge is 2.20. The lowest BCUT2D eigenvalue weighted by Crippen LogP contribution is -2.13. The molecule has 7 nitrogen and oxygen atoms in total. The van der Waals surface area contributed by atoms with Crippen molar-refractivity contribution in [1.29, 1.82) is 0 Å². The summed E-state index contributed by atoms with van der Waals surface area (Å²) in [6.45, 7) is 1.61. The molecular weight excluding hydrogens is 488 g/mol. The SMILES string of the molecule is COc1cc(-c2ccc(F)c(C)c2)c(F)cc1-c1nccc2cc(S(=O)(=O)Nc3ccon3)ccc12. The molecule has 0 spiro atoms. The Morgan fingerprint density at radius 2 is 1.78 bits per heavy atom. The zero-order valence-corrected chi connectivity index (χ0v) is 19.9. The fourth-order valence-electron chi connectivity index (χ4n) is 3.94. The van der Waals surface area contributed by atoms with Crippen molar-refractivity contribution in [3.63, 3.8) is 0 Å². The highest BCUT2D eigenvalue weighted by Crippen LogP contribution is 2.39. The molecule has 2 heterocycles. The van der Waals surface area contributed by atoms with Crippen molar-refractivity contribution in [2.45, 2.75) is 11.8 Å². The third kappa shape index (κ3) is 4.27. The first-order chi connectivity index (χ1) is 17.3. The molecule has 5 rings (SSSR count). The lowest BCUT2D eigenvalue weighted by molar-refractivity contribution is 0.415. The van der Waals surface area contributed by atoms with Gasteiger partial charge in [-0.3, -0.25) is 9.71 Å². The number of hydrogen-bond acceptors (Lipinski definition) is 6. The Labute approximate surface area is 205 Å². The van der Waals surface area contributed by atoms with Crippen molar-refractivity contribution in [3.8, 4) is 28.1 Å². The maximum atomic E-state index is 15.3. The van der Waals surface area contributed by atoms with E-state index in [4.69, 9.17) is 4.74 Å². The van der Waals surface area contributed by atoms with Crippen LogP contribution < -0.4 is 9.46 Å². The number of nitrogens with one attached hydrogen (secondary N) is 1. The highest BCUT2D eigenvalue weighted by molar-refractivity contribution is 7.92. The van der Waals surface area contributed by atoms with E-state index in [1.54, 1.807) is 31.2 Å². The summed E-state index contributed by atoms with van der Waals surface area (Å²) in [4.78, 5) is 4.43. The van der Waals surface area contributed by atoms with Crippen LogP contribution in [-0.4, -0.2) is 25.7 Å². The van der Waals surface area contributed by atoms with E-state index >= 15 is 4.39 Å². The van der Waals surface area contributed by atoms with E-state index in [1.165, 1.54) is 56.0 Å². The summed E-state index contributed by atoms with van der Waals surface area (Å²) >= 11 is 0. The maximum Gasteiger partial charge on any atom is 0.263 e. The van der Waals surface area contributed by atoms with E-state index < -0.39 is 15.8 Å². The van der Waals surface area contributed by atoms with E-state index in [0.717, 1.165) is 0 Å². The molecule has 0 bridgehead atoms. The first-order valence-corrected chi connectivity index (χ1v) is 12.2. The second-order valence-corrected chi connectivity index (χ2v) is 9.71. The summed E-state index contributed by atoms with van der Waals surface area (Å²) in [6, 6.07) is 14.8. The summed E-state index contributed by atoms with van der Waals surface area (Å²) in [7, 11) is -2.46. The molecule has 10 heteroatoms. The Morgan fingerprint density at radius 1 is 0.944 bits per heavy atom. The molecule has 0 aliphatic rings. The van der Waals surface area contributed by atoms with Crippen LogP contribution in [0.15, 0.2) is 82.5 Å². The zero-order chi connectivity index (χ0) is 25.4. The number of benzene rings is 3. The summed E-state index contributed by atoms with van der Waals surface area (Å²) in [5, 5.41) is 4.74. The number of anilines is 1. The molecule has 1 N–H and O–H groups in total. The first kappa shape index (κ1) is 23.4. The normalized spacial score (nSPS) is 11.6. The van der Waals surface area contributed by atoms with Gasteiger partial charge in [-0.2, -0.15) is 0 Å². The van der Waals surface area contributed by atoms with Gasteiger partial charge in [0, 0.05) is 28.8 Å². The van der Waals surface area contributed by atoms with Gasteiger partial charge < -0.3 is 9.26 Å². The number of aromatic nitrogens is 2. The minimum atomic E-state index is -3.92. The Balaban J connectivity index is 1.60. The Bertz CT molecular complexity index is 1700. The third-order valence-corrected chi connectivity index (χ3v) is 7.09. The zero-order valence-electron chi connectivity index (χ0n) is 19.1. The van der Waals surface area contributed by atoms with Crippen LogP contribution >= 0.6 is 0 Å². The monoisotopic (exact) mass is 507 g/mol. The molecule has 0 amide bonds. The number of ether oxygens (including phenoxy) is 1. The standard InChI is InChI=1S/C26H19F2N3O4S/c1-15-11-16(3-6-22(15)27)20-14-24(34-2)21(13-23(20)28)26-19-5-4-18(12-17(19)7-9-29-26)36(32,33)31-25-8-10-35-30-25/h3-14H,1-2H3,(H,30,31). The van der Waals surface area contributed by atoms with Gasteiger partial charge >= 0.3 is 0 Å². The number of nitrogens with zero attached hydrogens (tertiary/aromatic N) is 2. The minimum absolute atomic E-state index is 0.00956. The largest absolute Gasteiger partial charge is 0.496 e. The molecule has 0 unspecified atom stereocenters. The number of methoxy groups -OCH3 is 1. The lowest BCUT2D eigenvalue weighted by atomic mass is 9.97. The van der Waals surface area contributed by atoms with E-state index in [0.29, 0.717) is 38.9 Å². The van der Waals surface area contributed by atoms with Crippen LogP contribution in [0.1, 0.15) is 5.56 Å². The molecule has 0 aliphatic heterocycles. The minimum Gasteiger partial charge on any atom is -0.496 e. The number of aryl methyl sites for hydroxylation is 1. The number of rotatable bonds is 6. The van der Waals surface area contributed by atoms with Gasteiger partial charge in [-0.15, -0.1) is 0 Å². The van der Waals surface area contributed by atoms with Gasteiger partial charge in [-0.05, 0) is 65.9 Å². The van der Waals surface area contributed by atoms with E-state index in [1.807, 2.05) is 0 Å². The van der Waals surface area contributed by atoms with Crippen molar-refractivity contribution in [2.75, 3.05) is 11.8 Å². The van der Waals surface area contributed by atoms with E-state index in [9.17, 15) is 12.8 Å². The number of fused-ring (bicyclic) bond motifs is 1. The second-order valence-electron chi connectivity index (χ2n) is 8.03. The topological polar surface area (TPSA) is 94.3 Å². The van der Waals surface area contributed by atoms with Crippen LogP contribution in [-0.2, 0) is 10.0 Å². The molecular formula is C26H19F2N3O4S. The van der Waals surface area contributed by atoms with Crippen LogP contribution in [0.4, 0.5) is 14.6 Å². The average molecular weight is 508 g/mol. The fourth-order valence-corrected chi connectivity index (χ4v) is 4.97. The van der Waals surface area contributed by atoms with E-state index in [2.05, 4.69) is 19.4 Å². The van der Waals surface area contributed by atoms with Crippen molar-refractivity contribution >= 4 is 26.6 Å². The first-order valence-electron chi connectivity index (χ1n) is 10.7. The summed E-state index contributed by atoms with van der Waals surface area (Å²) in [5.74, 6) is -0.494. The average Bonchev–Trinajstić information content (AvgIpc) is 3.37. The predicted octanol–water partition coefficient (Wildman–Crippen LogP) is 5.95. The molecule has 0 saturated heterocycles. The summed E-state index contributed by atoms with van der Waals surface area (Å²) in [5.41, 5.74) is 1.97. The van der Waals surface area contributed by atoms with Gasteiger partial charge in [0.25, 0.3) is 10.0 Å². The molecule has 0 atom stereocenters. The lowest BCUT2D eigenvalue weighted by Gasteiger charge is -2.14. The van der Waals surface area contributed by atoms with Gasteiger partial charge in [0.05, 0.1) is 17.7 Å². The van der Waals surface area contributed by atoms with Gasteiger partial charge in [0.2, 0.25) is 0 Å². The second kappa shape index (κ2) is 9.04. The fraction of sp³-hybridized carbons (Fsp3) is 0.0769. The molecule has 0 aliphatic carbocycles. The van der Waals surface area contributed by atoms with Crippen molar-refractivity contribution in [3.05, 3.63) is 90.3 Å². The molecule has 0 fully saturated rings. The Hall–Kier alpha value is -4.31. The van der Waals surface area contributed by atoms with E-state index in [-0.39, 0.29) is 22.1 Å². The van der Waals surface area contributed by atoms with Gasteiger partial charge in [0.15, 0.2) is 5.82 Å². The summed E-state index contributed by atoms with van der Waals surface area (Å²) in [6.07, 6.45) is 2.76. The van der Waals surface area contributed by atoms with Crippen LogP contribution in [0.25, 0.3) is 33.2 Å². The number of pyridine rings is 1. The molecule has 0 saturated carbocycles. The van der Waals surface area contributed by atoms with Crippen LogP contribution in [0.2, 0.25) is 0 Å². The number of sulfonamides is 1. The van der Waals surface area contributed by atoms with Crippen LogP contribution in [0, 0.1) is 18.6 Å². The van der Waals surface area contributed by atoms with Gasteiger partial charge in [-0.25, -0.2) is 17.2 Å². The summed E-state index contributed by atoms with van der Waals surface area (Å²) < 4.78 is 67.1. The third-order valence-electron chi connectivity index (χ3n) is 5.74. The van der Waals surface area contributed by atoms with Gasteiger partial charge in [-0.1, -0.05) is 17.3 Å². The highest BCUT2D eigenvalue weighted by atomic mass is 32.2. The van der Waals surface area contributed by atoms with Crippen molar-refractivity contribution < 1.29 is 26.5 Å². The predicted molar refractivity (Wildman–Crippen MR) is 131 cm³/mol. The Kier molecular flexibility index (Phi) is 5.89. The van der Waals surface area contributed by atoms with Crippen molar-refractivity contribution in [1.82, 2.24) is 10.1 Å². The van der Waals surface area contributed by atoms with Crippen LogP contribution in [0.5, 0.6) is 5.75 Å². The number of halogens is 2. The maximum absolute atomic E-state index is 15.3. The molecule has 2 aromatic heterocycles. The molecule has 5 aromatic rings. The molecule has 3 aromatic carbocycles. The van der Waals surface area contributed by atoms with Gasteiger partial charge in [0.1, 0.15) is 23.6 Å². The quantitative estimate of drug-likeness (QED) is 0.305. The molecule has 0 radical (unpaired) electrons. The van der Waals surface area contributed by atoms with Crippen molar-refractivity contribution in [2.24, 2.45) is 0 Å². The Morgan fingerprint density at radius 3 is 2.50 bits per heavy atom. The number of hydrogen-bond donors (Lipinski definition) is 1. The smallest absolute Gasteiger partial charge is 0.263 e. The molecule has 36 heavy (non-hydrogen) atoms.